The maximum atomic E-state index is 13.2. The van der Waals surface area contributed by atoms with Crippen LogP contribution in [-0.4, -0.2) is 26.7 Å². The minimum Gasteiger partial charge on any atom is -0.479 e. The Bertz CT molecular complexity index is 830. The van der Waals surface area contributed by atoms with Crippen molar-refractivity contribution in [1.29, 1.82) is 0 Å². The lowest BCUT2D eigenvalue weighted by Gasteiger charge is -2.08. The van der Waals surface area contributed by atoms with Crippen LogP contribution in [0, 0.1) is 25.5 Å². The highest BCUT2D eigenvalue weighted by molar-refractivity contribution is 6.04. The number of benzene rings is 1. The van der Waals surface area contributed by atoms with Crippen molar-refractivity contribution in [2.45, 2.75) is 20.0 Å². The number of nitrogens with one attached hydrogen (secondary N) is 1. The third-order valence-corrected chi connectivity index (χ3v) is 3.89. The molecule has 0 aliphatic heterocycles. The zero-order chi connectivity index (χ0) is 18.2. The zero-order valence-electron chi connectivity index (χ0n) is 13.2. The number of carboxylic acid groups (broad SMARTS) is 1. The molecule has 6 nitrogen and oxygen atoms in total. The fraction of sp³-hybridized carbons (Fsp3) is 0.250. The summed E-state index contributed by atoms with van der Waals surface area (Å²) in [6.45, 7) is 3.08. The Kier molecular flexibility index (Phi) is 4.70. The maximum Gasteiger partial charge on any atom is 0.337 e. The van der Waals surface area contributed by atoms with Gasteiger partial charge < -0.3 is 20.1 Å². The maximum absolute atomic E-state index is 13.2. The van der Waals surface area contributed by atoms with Gasteiger partial charge in [-0.25, -0.2) is 13.6 Å². The molecule has 0 aliphatic carbocycles. The van der Waals surface area contributed by atoms with Crippen LogP contribution in [0.3, 0.4) is 0 Å². The molecule has 1 aromatic carbocycles. The van der Waals surface area contributed by atoms with Gasteiger partial charge in [-0.05, 0) is 31.5 Å². The molecule has 1 amide bonds. The van der Waals surface area contributed by atoms with Gasteiger partial charge >= 0.3 is 5.97 Å². The summed E-state index contributed by atoms with van der Waals surface area (Å²) < 4.78 is 27.6. The molecule has 0 fully saturated rings. The number of nitrogens with zero attached hydrogens (tertiary/aromatic N) is 1. The lowest BCUT2D eigenvalue weighted by atomic mass is 10.0. The van der Waals surface area contributed by atoms with Crippen molar-refractivity contribution in [3.8, 4) is 0 Å². The second-order valence-electron chi connectivity index (χ2n) is 5.36. The standard InChI is InChI=1S/C16H16F2N2O4/c1-7-12(14(21)16(23)24)8(2)20(3)13(7)15(22)19-9-4-5-10(17)11(18)6-9/h4-6,14,21H,1-3H3,(H,19,22)(H,23,24). The Morgan fingerprint density at radius 1 is 1.21 bits per heavy atom. The quantitative estimate of drug-likeness (QED) is 0.798. The molecule has 1 heterocycles. The van der Waals surface area contributed by atoms with Crippen molar-refractivity contribution in [2.24, 2.45) is 7.05 Å². The number of aliphatic carboxylic acids is 1. The summed E-state index contributed by atoms with van der Waals surface area (Å²) >= 11 is 0. The van der Waals surface area contributed by atoms with Gasteiger partial charge in [-0.2, -0.15) is 0 Å². The largest absolute Gasteiger partial charge is 0.479 e. The van der Waals surface area contributed by atoms with E-state index < -0.39 is 29.6 Å². The van der Waals surface area contributed by atoms with Crippen LogP contribution in [-0.2, 0) is 11.8 Å². The number of anilines is 1. The topological polar surface area (TPSA) is 91.6 Å². The Balaban J connectivity index is 2.41. The van der Waals surface area contributed by atoms with Gasteiger partial charge in [-0.15, -0.1) is 0 Å². The summed E-state index contributed by atoms with van der Waals surface area (Å²) in [4.78, 5) is 23.5. The number of carboxylic acids is 1. The molecule has 0 spiro atoms. The van der Waals surface area contributed by atoms with Crippen molar-refractivity contribution >= 4 is 17.6 Å². The van der Waals surface area contributed by atoms with Crippen molar-refractivity contribution < 1.29 is 28.6 Å². The van der Waals surface area contributed by atoms with Gasteiger partial charge in [-0.1, -0.05) is 0 Å². The Morgan fingerprint density at radius 2 is 1.83 bits per heavy atom. The molecule has 24 heavy (non-hydrogen) atoms. The summed E-state index contributed by atoms with van der Waals surface area (Å²) in [5.41, 5.74) is 1.01. The first-order chi connectivity index (χ1) is 11.1. The number of aliphatic hydroxyl groups is 1. The first-order valence-corrected chi connectivity index (χ1v) is 6.98. The van der Waals surface area contributed by atoms with Gasteiger partial charge in [0.25, 0.3) is 5.91 Å². The number of carbonyl (C=O) groups is 2. The lowest BCUT2D eigenvalue weighted by molar-refractivity contribution is -0.147. The van der Waals surface area contributed by atoms with Gasteiger partial charge in [0.05, 0.1) is 0 Å². The van der Waals surface area contributed by atoms with Crippen molar-refractivity contribution in [3.63, 3.8) is 0 Å². The molecule has 1 aromatic heterocycles. The van der Waals surface area contributed by atoms with E-state index in [1.807, 2.05) is 0 Å². The highest BCUT2D eigenvalue weighted by Crippen LogP contribution is 2.28. The van der Waals surface area contributed by atoms with E-state index >= 15 is 0 Å². The van der Waals surface area contributed by atoms with Crippen LogP contribution >= 0.6 is 0 Å². The molecular formula is C16H16F2N2O4. The molecule has 1 unspecified atom stereocenters. The van der Waals surface area contributed by atoms with Gasteiger partial charge in [0.2, 0.25) is 0 Å². The van der Waals surface area contributed by atoms with Crippen LogP contribution in [0.1, 0.15) is 33.4 Å². The van der Waals surface area contributed by atoms with Crippen LogP contribution < -0.4 is 5.32 Å². The van der Waals surface area contributed by atoms with Crippen molar-refractivity contribution in [2.75, 3.05) is 5.32 Å². The van der Waals surface area contributed by atoms with Crippen molar-refractivity contribution in [1.82, 2.24) is 4.57 Å². The minimum absolute atomic E-state index is 0.0532. The fourth-order valence-corrected chi connectivity index (χ4v) is 2.61. The van der Waals surface area contributed by atoms with Gasteiger partial charge in [0.15, 0.2) is 17.7 Å². The number of halogens is 2. The van der Waals surface area contributed by atoms with Crippen molar-refractivity contribution in [3.05, 3.63) is 52.3 Å². The second-order valence-corrected chi connectivity index (χ2v) is 5.36. The summed E-state index contributed by atoms with van der Waals surface area (Å²) in [5, 5.41) is 21.2. The van der Waals surface area contributed by atoms with Gasteiger partial charge in [0.1, 0.15) is 5.69 Å². The fourth-order valence-electron chi connectivity index (χ4n) is 2.61. The molecule has 8 heteroatoms. The van der Waals surface area contributed by atoms with E-state index in [0.717, 1.165) is 12.1 Å². The summed E-state index contributed by atoms with van der Waals surface area (Å²) in [5.74, 6) is -4.20. The Labute approximate surface area is 136 Å². The molecule has 0 saturated heterocycles. The Hall–Kier alpha value is -2.74. The van der Waals surface area contributed by atoms with Crippen LogP contribution in [0.4, 0.5) is 14.5 Å². The van der Waals surface area contributed by atoms with E-state index in [4.69, 9.17) is 5.11 Å². The first kappa shape index (κ1) is 17.6. The third kappa shape index (κ3) is 3.00. The highest BCUT2D eigenvalue weighted by atomic mass is 19.2. The number of rotatable bonds is 4. The van der Waals surface area contributed by atoms with Crippen LogP contribution in [0.15, 0.2) is 18.2 Å². The number of carbonyl (C=O) groups excluding carboxylic acids is 1. The summed E-state index contributed by atoms with van der Waals surface area (Å²) in [6.07, 6.45) is -1.76. The number of aliphatic hydroxyl groups excluding tert-OH is 1. The molecule has 2 rings (SSSR count). The average Bonchev–Trinajstić information content (AvgIpc) is 2.72. The van der Waals surface area contributed by atoms with E-state index in [-0.39, 0.29) is 16.9 Å². The Morgan fingerprint density at radius 3 is 2.38 bits per heavy atom. The normalized spacial score (nSPS) is 12.1. The molecule has 0 bridgehead atoms. The van der Waals surface area contributed by atoms with Crippen LogP contribution in [0.2, 0.25) is 0 Å². The van der Waals surface area contributed by atoms with Gasteiger partial charge in [-0.3, -0.25) is 4.79 Å². The van der Waals surface area contributed by atoms with Crippen LogP contribution in [0.25, 0.3) is 0 Å². The molecule has 2 aromatic rings. The monoisotopic (exact) mass is 338 g/mol. The highest BCUT2D eigenvalue weighted by Gasteiger charge is 2.28. The summed E-state index contributed by atoms with van der Waals surface area (Å²) in [6, 6.07) is 2.92. The molecule has 0 aliphatic rings. The number of aromatic nitrogens is 1. The molecular weight excluding hydrogens is 322 g/mol. The van der Waals surface area contributed by atoms with E-state index in [1.54, 1.807) is 14.0 Å². The molecule has 0 saturated carbocycles. The number of amides is 1. The van der Waals surface area contributed by atoms with E-state index in [2.05, 4.69) is 5.32 Å². The predicted molar refractivity (Wildman–Crippen MR) is 81.8 cm³/mol. The first-order valence-electron chi connectivity index (χ1n) is 6.98. The smallest absolute Gasteiger partial charge is 0.337 e. The second kappa shape index (κ2) is 6.40. The number of hydrogen-bond acceptors (Lipinski definition) is 3. The SMILES string of the molecule is Cc1c(C(O)C(=O)O)c(C)n(C)c1C(=O)Nc1ccc(F)c(F)c1. The minimum atomic E-state index is -1.76. The van der Waals surface area contributed by atoms with Crippen LogP contribution in [0.5, 0.6) is 0 Å². The predicted octanol–water partition coefficient (Wildman–Crippen LogP) is 2.29. The van der Waals surface area contributed by atoms with E-state index in [1.165, 1.54) is 17.6 Å². The molecule has 0 radical (unpaired) electrons. The lowest BCUT2D eigenvalue weighted by Crippen LogP contribution is -2.17. The molecule has 128 valence electrons. The number of hydrogen-bond donors (Lipinski definition) is 3. The third-order valence-electron chi connectivity index (χ3n) is 3.89. The van der Waals surface area contributed by atoms with E-state index in [0.29, 0.717) is 11.3 Å². The zero-order valence-corrected chi connectivity index (χ0v) is 13.2. The van der Waals surface area contributed by atoms with Gasteiger partial charge in [0, 0.05) is 30.1 Å². The summed E-state index contributed by atoms with van der Waals surface area (Å²) in [7, 11) is 1.54. The molecule has 3 N–H and O–H groups in total. The van der Waals surface area contributed by atoms with E-state index in [9.17, 15) is 23.5 Å². The average molecular weight is 338 g/mol. The molecule has 1 atom stereocenters.